The summed E-state index contributed by atoms with van der Waals surface area (Å²) in [5.74, 6) is 7.52. The van der Waals surface area contributed by atoms with Crippen molar-refractivity contribution in [2.45, 2.75) is 19.8 Å². The van der Waals surface area contributed by atoms with Crippen LogP contribution in [0.15, 0.2) is 12.3 Å². The van der Waals surface area contributed by atoms with Gasteiger partial charge in [0.1, 0.15) is 5.82 Å². The van der Waals surface area contributed by atoms with E-state index in [4.69, 9.17) is 5.84 Å². The molecule has 1 saturated heterocycles. The number of nitrogens with two attached hydrogens (primary N) is 1. The lowest BCUT2D eigenvalue weighted by Gasteiger charge is -2.17. The molecule has 1 aromatic rings. The van der Waals surface area contributed by atoms with Gasteiger partial charge in [0, 0.05) is 19.3 Å². The number of anilines is 2. The molecule has 1 aliphatic rings. The molecule has 1 atom stereocenters. The van der Waals surface area contributed by atoms with Gasteiger partial charge in [0.25, 0.3) is 0 Å². The predicted molar refractivity (Wildman–Crippen MR) is 60.5 cm³/mol. The maximum Gasteiger partial charge on any atom is 0.239 e. The van der Waals surface area contributed by atoms with E-state index in [1.165, 1.54) is 12.8 Å². The van der Waals surface area contributed by atoms with E-state index in [2.05, 4.69) is 27.2 Å². The van der Waals surface area contributed by atoms with Crippen LogP contribution in [0, 0.1) is 5.92 Å². The summed E-state index contributed by atoms with van der Waals surface area (Å²) < 4.78 is 0. The molecule has 0 aliphatic carbocycles. The first kappa shape index (κ1) is 10.2. The highest BCUT2D eigenvalue weighted by atomic mass is 15.3. The Balaban J connectivity index is 2.09. The molecule has 15 heavy (non-hydrogen) atoms. The zero-order valence-electron chi connectivity index (χ0n) is 8.98. The topological polar surface area (TPSA) is 67.1 Å². The number of hydrogen-bond donors (Lipinski definition) is 2. The number of nitrogens with zero attached hydrogens (tertiary/aromatic N) is 3. The second kappa shape index (κ2) is 4.44. The zero-order chi connectivity index (χ0) is 10.7. The van der Waals surface area contributed by atoms with Crippen LogP contribution < -0.4 is 16.2 Å². The van der Waals surface area contributed by atoms with Crippen LogP contribution in [0.25, 0.3) is 0 Å². The molecule has 2 rings (SSSR count). The minimum absolute atomic E-state index is 0.479. The van der Waals surface area contributed by atoms with Crippen LogP contribution in [0.4, 0.5) is 11.8 Å². The summed E-state index contributed by atoms with van der Waals surface area (Å²) in [6, 6.07) is 1.93. The monoisotopic (exact) mass is 207 g/mol. The fourth-order valence-corrected chi connectivity index (χ4v) is 1.97. The molecular formula is C10H17N5. The van der Waals surface area contributed by atoms with Crippen LogP contribution in [-0.4, -0.2) is 23.1 Å². The van der Waals surface area contributed by atoms with Gasteiger partial charge in [-0.3, -0.25) is 5.43 Å². The molecular weight excluding hydrogens is 190 g/mol. The normalized spacial score (nSPS) is 20.7. The summed E-state index contributed by atoms with van der Waals surface area (Å²) in [4.78, 5) is 10.6. The molecule has 1 aromatic heterocycles. The van der Waals surface area contributed by atoms with Gasteiger partial charge in [0.2, 0.25) is 5.95 Å². The summed E-state index contributed by atoms with van der Waals surface area (Å²) in [6.07, 6.45) is 4.23. The summed E-state index contributed by atoms with van der Waals surface area (Å²) in [5.41, 5.74) is 2.47. The van der Waals surface area contributed by atoms with Crippen molar-refractivity contribution in [3.05, 3.63) is 12.3 Å². The van der Waals surface area contributed by atoms with Crippen LogP contribution in [0.3, 0.4) is 0 Å². The quantitative estimate of drug-likeness (QED) is 0.571. The molecule has 1 fully saturated rings. The lowest BCUT2D eigenvalue weighted by molar-refractivity contribution is 0.568. The van der Waals surface area contributed by atoms with Gasteiger partial charge < -0.3 is 4.90 Å². The Hall–Kier alpha value is -1.36. The van der Waals surface area contributed by atoms with Crippen LogP contribution in [0.5, 0.6) is 0 Å². The van der Waals surface area contributed by atoms with Crippen molar-refractivity contribution in [3.63, 3.8) is 0 Å². The average Bonchev–Trinajstić information content (AvgIpc) is 2.78. The fourth-order valence-electron chi connectivity index (χ4n) is 1.97. The average molecular weight is 207 g/mol. The molecule has 5 heteroatoms. The Kier molecular flexibility index (Phi) is 3.01. The fraction of sp³-hybridized carbons (Fsp3) is 0.600. The number of nitrogens with one attached hydrogen (secondary N) is 1. The van der Waals surface area contributed by atoms with E-state index < -0.39 is 0 Å². The third-order valence-electron chi connectivity index (χ3n) is 2.96. The lowest BCUT2D eigenvalue weighted by atomic mass is 10.1. The van der Waals surface area contributed by atoms with Crippen LogP contribution >= 0.6 is 0 Å². The molecule has 0 saturated carbocycles. The van der Waals surface area contributed by atoms with Crippen molar-refractivity contribution < 1.29 is 0 Å². The predicted octanol–water partition coefficient (Wildman–Crippen LogP) is 0.999. The van der Waals surface area contributed by atoms with Crippen molar-refractivity contribution in [1.82, 2.24) is 9.97 Å². The largest absolute Gasteiger partial charge is 0.356 e. The molecule has 5 nitrogen and oxygen atoms in total. The highest BCUT2D eigenvalue weighted by Gasteiger charge is 2.21. The lowest BCUT2D eigenvalue weighted by Crippen LogP contribution is -2.21. The van der Waals surface area contributed by atoms with Gasteiger partial charge in [-0.1, -0.05) is 13.3 Å². The van der Waals surface area contributed by atoms with Crippen LogP contribution in [-0.2, 0) is 0 Å². The molecule has 0 amide bonds. The minimum Gasteiger partial charge on any atom is -0.356 e. The molecule has 0 bridgehead atoms. The van der Waals surface area contributed by atoms with E-state index in [-0.39, 0.29) is 0 Å². The van der Waals surface area contributed by atoms with Crippen molar-refractivity contribution >= 4 is 11.8 Å². The highest BCUT2D eigenvalue weighted by molar-refractivity contribution is 5.42. The van der Waals surface area contributed by atoms with Gasteiger partial charge in [-0.15, -0.1) is 0 Å². The smallest absolute Gasteiger partial charge is 0.239 e. The van der Waals surface area contributed by atoms with Gasteiger partial charge in [-0.25, -0.2) is 10.8 Å². The van der Waals surface area contributed by atoms with Gasteiger partial charge in [-0.2, -0.15) is 4.98 Å². The number of aromatic nitrogens is 2. The van der Waals surface area contributed by atoms with E-state index in [0.717, 1.165) is 24.8 Å². The molecule has 0 spiro atoms. The first-order chi connectivity index (χ1) is 7.33. The van der Waals surface area contributed by atoms with Crippen LogP contribution in [0.2, 0.25) is 0 Å². The first-order valence-corrected chi connectivity index (χ1v) is 5.38. The summed E-state index contributed by atoms with van der Waals surface area (Å²) in [5, 5.41) is 0. The van der Waals surface area contributed by atoms with E-state index in [9.17, 15) is 0 Å². The SMILES string of the molecule is CCC1CCN(c2ccnc(NN)n2)C1. The maximum atomic E-state index is 5.28. The van der Waals surface area contributed by atoms with Crippen molar-refractivity contribution in [2.75, 3.05) is 23.4 Å². The third kappa shape index (κ3) is 2.18. The van der Waals surface area contributed by atoms with Gasteiger partial charge >= 0.3 is 0 Å². The van der Waals surface area contributed by atoms with Crippen molar-refractivity contribution in [3.8, 4) is 0 Å². The number of nitrogen functional groups attached to an aromatic ring is 1. The van der Waals surface area contributed by atoms with E-state index in [1.807, 2.05) is 6.07 Å². The molecule has 1 aliphatic heterocycles. The molecule has 1 unspecified atom stereocenters. The van der Waals surface area contributed by atoms with Gasteiger partial charge in [-0.05, 0) is 18.4 Å². The first-order valence-electron chi connectivity index (χ1n) is 5.38. The molecule has 0 aromatic carbocycles. The Labute approximate surface area is 89.7 Å². The number of rotatable bonds is 3. The van der Waals surface area contributed by atoms with Gasteiger partial charge in [0.05, 0.1) is 0 Å². The van der Waals surface area contributed by atoms with Crippen molar-refractivity contribution in [2.24, 2.45) is 11.8 Å². The molecule has 3 N–H and O–H groups in total. The number of hydrazine groups is 1. The Morgan fingerprint density at radius 2 is 2.53 bits per heavy atom. The summed E-state index contributed by atoms with van der Waals surface area (Å²) >= 11 is 0. The standard InChI is InChI=1S/C10H17N5/c1-2-8-4-6-15(7-8)9-3-5-12-10(13-9)14-11/h3,5,8H,2,4,6-7,11H2,1H3,(H,12,13,14). The summed E-state index contributed by atoms with van der Waals surface area (Å²) in [6.45, 7) is 4.41. The minimum atomic E-state index is 0.479. The maximum absolute atomic E-state index is 5.28. The van der Waals surface area contributed by atoms with Crippen LogP contribution in [0.1, 0.15) is 19.8 Å². The van der Waals surface area contributed by atoms with Gasteiger partial charge in [0.15, 0.2) is 0 Å². The molecule has 2 heterocycles. The number of hydrogen-bond acceptors (Lipinski definition) is 5. The molecule has 82 valence electrons. The van der Waals surface area contributed by atoms with E-state index in [1.54, 1.807) is 6.20 Å². The Bertz CT molecular complexity index is 327. The van der Waals surface area contributed by atoms with Crippen molar-refractivity contribution in [1.29, 1.82) is 0 Å². The summed E-state index contributed by atoms with van der Waals surface area (Å²) in [7, 11) is 0. The third-order valence-corrected chi connectivity index (χ3v) is 2.96. The van der Waals surface area contributed by atoms with E-state index >= 15 is 0 Å². The molecule has 0 radical (unpaired) electrons. The Morgan fingerprint density at radius 3 is 3.20 bits per heavy atom. The van der Waals surface area contributed by atoms with E-state index in [0.29, 0.717) is 5.95 Å². The highest BCUT2D eigenvalue weighted by Crippen LogP contribution is 2.23. The second-order valence-electron chi connectivity index (χ2n) is 3.89. The zero-order valence-corrected chi connectivity index (χ0v) is 8.98. The Morgan fingerprint density at radius 1 is 1.67 bits per heavy atom. The second-order valence-corrected chi connectivity index (χ2v) is 3.89.